The van der Waals surface area contributed by atoms with Crippen molar-refractivity contribution in [2.24, 2.45) is 0 Å². The third kappa shape index (κ3) is 4.69. The molecule has 0 aliphatic heterocycles. The maximum absolute atomic E-state index is 11.4. The van der Waals surface area contributed by atoms with E-state index in [1.165, 1.54) is 6.92 Å². The fourth-order valence-electron chi connectivity index (χ4n) is 1.19. The maximum Gasteiger partial charge on any atom is 0.335 e. The molecular weight excluding hydrogens is 234 g/mol. The summed E-state index contributed by atoms with van der Waals surface area (Å²) in [5.74, 6) is -1.08. The van der Waals surface area contributed by atoms with Crippen LogP contribution in [0.25, 0.3) is 0 Å². The van der Waals surface area contributed by atoms with Crippen LogP contribution in [0, 0.1) is 0 Å². The van der Waals surface area contributed by atoms with Gasteiger partial charge in [0, 0.05) is 11.3 Å². The summed E-state index contributed by atoms with van der Waals surface area (Å²) >= 11 is 0. The Kier molecular flexibility index (Phi) is 4.92. The first-order valence-corrected chi connectivity index (χ1v) is 5.31. The zero-order chi connectivity index (χ0) is 13.5. The average molecular weight is 249 g/mol. The number of nitrogen functional groups attached to an aromatic ring is 1. The number of ether oxygens (including phenoxy) is 2. The monoisotopic (exact) mass is 249 g/mol. The number of hydrogen-bond acceptors (Lipinski definition) is 5. The molecule has 0 aliphatic carbocycles. The molecule has 18 heavy (non-hydrogen) atoms. The van der Waals surface area contributed by atoms with E-state index < -0.39 is 18.7 Å². The minimum absolute atomic E-state index is 0.0790. The third-order valence-corrected chi connectivity index (χ3v) is 2.06. The Balaban J connectivity index is 2.34. The second-order valence-electron chi connectivity index (χ2n) is 3.77. The van der Waals surface area contributed by atoms with Crippen LogP contribution in [0.2, 0.25) is 0 Å². The predicted octanol–water partition coefficient (Wildman–Crippen LogP) is 1.43. The second kappa shape index (κ2) is 6.44. The number of anilines is 1. The molecular formula is C13H15NO4. The molecule has 1 aromatic rings. The number of benzene rings is 1. The predicted molar refractivity (Wildman–Crippen MR) is 66.4 cm³/mol. The molecule has 0 saturated carbocycles. The summed E-state index contributed by atoms with van der Waals surface area (Å²) in [7, 11) is 0. The van der Waals surface area contributed by atoms with Gasteiger partial charge in [0.05, 0.1) is 6.42 Å². The van der Waals surface area contributed by atoms with Crippen LogP contribution in [-0.4, -0.2) is 18.7 Å². The Morgan fingerprint density at radius 2 is 2.06 bits per heavy atom. The molecule has 0 bridgehead atoms. The molecule has 0 aromatic heterocycles. The SMILES string of the molecule is C=C(C)C(=O)OCOC(=O)Cc1cccc(N)c1. The molecule has 1 rings (SSSR count). The topological polar surface area (TPSA) is 78.6 Å². The van der Waals surface area contributed by atoms with Crippen LogP contribution in [0.4, 0.5) is 5.69 Å². The van der Waals surface area contributed by atoms with Crippen molar-refractivity contribution in [2.75, 3.05) is 12.5 Å². The smallest absolute Gasteiger partial charge is 0.335 e. The number of nitrogens with two attached hydrogens (primary N) is 1. The van der Waals surface area contributed by atoms with Crippen molar-refractivity contribution in [3.63, 3.8) is 0 Å². The molecule has 0 fully saturated rings. The van der Waals surface area contributed by atoms with Gasteiger partial charge in [0.25, 0.3) is 0 Å². The van der Waals surface area contributed by atoms with Crippen molar-refractivity contribution in [1.29, 1.82) is 0 Å². The van der Waals surface area contributed by atoms with E-state index in [0.717, 1.165) is 5.56 Å². The summed E-state index contributed by atoms with van der Waals surface area (Å²) in [6.45, 7) is 4.50. The van der Waals surface area contributed by atoms with E-state index in [4.69, 9.17) is 10.5 Å². The van der Waals surface area contributed by atoms with Crippen LogP contribution >= 0.6 is 0 Å². The van der Waals surface area contributed by atoms with Gasteiger partial charge in [0.2, 0.25) is 6.79 Å². The largest absolute Gasteiger partial charge is 0.428 e. The van der Waals surface area contributed by atoms with Crippen molar-refractivity contribution in [3.8, 4) is 0 Å². The van der Waals surface area contributed by atoms with Crippen LogP contribution < -0.4 is 5.73 Å². The Hall–Kier alpha value is -2.30. The number of carbonyl (C=O) groups excluding carboxylic acids is 2. The van der Waals surface area contributed by atoms with Gasteiger partial charge in [0.1, 0.15) is 0 Å². The first-order valence-electron chi connectivity index (χ1n) is 5.31. The van der Waals surface area contributed by atoms with Crippen LogP contribution in [0.5, 0.6) is 0 Å². The number of esters is 2. The van der Waals surface area contributed by atoms with Crippen molar-refractivity contribution in [1.82, 2.24) is 0 Å². The second-order valence-corrected chi connectivity index (χ2v) is 3.77. The van der Waals surface area contributed by atoms with E-state index in [1.807, 2.05) is 0 Å². The minimum atomic E-state index is -0.591. The van der Waals surface area contributed by atoms with Gasteiger partial charge in [-0.3, -0.25) is 4.79 Å². The lowest BCUT2D eigenvalue weighted by Gasteiger charge is -2.06. The summed E-state index contributed by atoms with van der Waals surface area (Å²) in [5, 5.41) is 0. The molecule has 0 spiro atoms. The van der Waals surface area contributed by atoms with E-state index in [-0.39, 0.29) is 12.0 Å². The zero-order valence-electron chi connectivity index (χ0n) is 10.1. The first-order chi connectivity index (χ1) is 8.49. The highest BCUT2D eigenvalue weighted by molar-refractivity contribution is 5.86. The summed E-state index contributed by atoms with van der Waals surface area (Å²) < 4.78 is 9.37. The van der Waals surface area contributed by atoms with Gasteiger partial charge in [-0.05, 0) is 24.6 Å². The highest BCUT2D eigenvalue weighted by Gasteiger charge is 2.07. The molecule has 0 atom stereocenters. The Bertz CT molecular complexity index is 468. The molecule has 1 aromatic carbocycles. The van der Waals surface area contributed by atoms with E-state index in [1.54, 1.807) is 24.3 Å². The van der Waals surface area contributed by atoms with Gasteiger partial charge in [-0.15, -0.1) is 0 Å². The van der Waals surface area contributed by atoms with E-state index in [0.29, 0.717) is 5.69 Å². The molecule has 96 valence electrons. The highest BCUT2D eigenvalue weighted by Crippen LogP contribution is 2.07. The molecule has 0 radical (unpaired) electrons. The van der Waals surface area contributed by atoms with Gasteiger partial charge in [-0.25, -0.2) is 4.79 Å². The fourth-order valence-corrected chi connectivity index (χ4v) is 1.19. The number of hydrogen-bond donors (Lipinski definition) is 1. The number of rotatable bonds is 5. The molecule has 0 saturated heterocycles. The van der Waals surface area contributed by atoms with Crippen LogP contribution in [0.15, 0.2) is 36.4 Å². The number of carbonyl (C=O) groups is 2. The van der Waals surface area contributed by atoms with Crippen molar-refractivity contribution in [3.05, 3.63) is 42.0 Å². The van der Waals surface area contributed by atoms with Gasteiger partial charge in [-0.2, -0.15) is 0 Å². The van der Waals surface area contributed by atoms with Gasteiger partial charge in [-0.1, -0.05) is 18.7 Å². The molecule has 5 heteroatoms. The summed E-state index contributed by atoms with van der Waals surface area (Å²) in [4.78, 5) is 22.4. The van der Waals surface area contributed by atoms with Gasteiger partial charge >= 0.3 is 11.9 Å². The average Bonchev–Trinajstić information content (AvgIpc) is 2.28. The van der Waals surface area contributed by atoms with Crippen molar-refractivity contribution in [2.45, 2.75) is 13.3 Å². The Morgan fingerprint density at radius 3 is 2.67 bits per heavy atom. The quantitative estimate of drug-likeness (QED) is 0.369. The van der Waals surface area contributed by atoms with Gasteiger partial charge < -0.3 is 15.2 Å². The summed E-state index contributed by atoms with van der Waals surface area (Å²) in [5.41, 5.74) is 7.15. The van der Waals surface area contributed by atoms with Gasteiger partial charge in [0.15, 0.2) is 0 Å². The molecule has 0 aliphatic rings. The molecule has 0 amide bonds. The zero-order valence-corrected chi connectivity index (χ0v) is 10.1. The van der Waals surface area contributed by atoms with Crippen LogP contribution in [0.3, 0.4) is 0 Å². The lowest BCUT2D eigenvalue weighted by molar-refractivity contribution is -0.164. The minimum Gasteiger partial charge on any atom is -0.428 e. The molecule has 0 heterocycles. The van der Waals surface area contributed by atoms with Crippen LogP contribution in [0.1, 0.15) is 12.5 Å². The van der Waals surface area contributed by atoms with E-state index in [9.17, 15) is 9.59 Å². The molecule has 5 nitrogen and oxygen atoms in total. The standard InChI is InChI=1S/C13H15NO4/c1-9(2)13(16)18-8-17-12(15)7-10-4-3-5-11(14)6-10/h3-6H,1,7-8,14H2,2H3. The third-order valence-electron chi connectivity index (χ3n) is 2.06. The normalized spacial score (nSPS) is 9.61. The Labute approximate surface area is 105 Å². The van der Waals surface area contributed by atoms with Crippen molar-refractivity contribution < 1.29 is 19.1 Å². The van der Waals surface area contributed by atoms with E-state index >= 15 is 0 Å². The van der Waals surface area contributed by atoms with E-state index in [2.05, 4.69) is 11.3 Å². The molecule has 0 unspecified atom stereocenters. The fraction of sp³-hybridized carbons (Fsp3) is 0.231. The lowest BCUT2D eigenvalue weighted by atomic mass is 10.1. The Morgan fingerprint density at radius 1 is 1.33 bits per heavy atom. The highest BCUT2D eigenvalue weighted by atomic mass is 16.7. The molecule has 2 N–H and O–H groups in total. The summed E-state index contributed by atoms with van der Waals surface area (Å²) in [6.07, 6.45) is 0.0790. The lowest BCUT2D eigenvalue weighted by Crippen LogP contribution is -2.14. The van der Waals surface area contributed by atoms with Crippen molar-refractivity contribution >= 4 is 17.6 Å². The first kappa shape index (κ1) is 13.8. The maximum atomic E-state index is 11.4. The summed E-state index contributed by atoms with van der Waals surface area (Å²) in [6, 6.07) is 6.92. The van der Waals surface area contributed by atoms with Crippen LogP contribution in [-0.2, 0) is 25.5 Å².